The Morgan fingerprint density at radius 1 is 0.923 bits per heavy atom. The molecule has 0 aliphatic rings. The number of nitrogens with zero attached hydrogens (tertiary/aromatic N) is 5. The molecule has 7 heteroatoms. The zero-order valence-corrected chi connectivity index (χ0v) is 15.4. The lowest BCUT2D eigenvalue weighted by atomic mass is 10.2. The summed E-state index contributed by atoms with van der Waals surface area (Å²) >= 11 is 0. The Hall–Kier alpha value is -3.22. The molecular weight excluding hydrogens is 326 g/mol. The number of benzene rings is 1. The summed E-state index contributed by atoms with van der Waals surface area (Å²) in [6.45, 7) is 4.09. The van der Waals surface area contributed by atoms with E-state index in [-0.39, 0.29) is 6.04 Å². The maximum absolute atomic E-state index is 4.57. The SMILES string of the molecule is CC(C)Nc1nc(Nc2ccnc(N(C)C)c2)nc(-c2ccccc2)n1. The molecule has 3 rings (SSSR count). The van der Waals surface area contributed by atoms with Crippen molar-refractivity contribution in [3.05, 3.63) is 48.7 Å². The maximum Gasteiger partial charge on any atom is 0.232 e. The van der Waals surface area contributed by atoms with E-state index in [4.69, 9.17) is 0 Å². The molecule has 0 unspecified atom stereocenters. The first kappa shape index (κ1) is 17.6. The van der Waals surface area contributed by atoms with Crippen molar-refractivity contribution in [3.63, 3.8) is 0 Å². The molecule has 0 aliphatic carbocycles. The molecule has 2 N–H and O–H groups in total. The molecule has 0 bridgehead atoms. The van der Waals surface area contributed by atoms with E-state index in [1.54, 1.807) is 6.20 Å². The van der Waals surface area contributed by atoms with Crippen LogP contribution in [0.3, 0.4) is 0 Å². The molecule has 26 heavy (non-hydrogen) atoms. The van der Waals surface area contributed by atoms with Gasteiger partial charge >= 0.3 is 0 Å². The van der Waals surface area contributed by atoms with Crippen LogP contribution >= 0.6 is 0 Å². The number of hydrogen-bond donors (Lipinski definition) is 2. The average Bonchev–Trinajstić information content (AvgIpc) is 2.62. The van der Waals surface area contributed by atoms with Gasteiger partial charge in [-0.3, -0.25) is 0 Å². The van der Waals surface area contributed by atoms with Crippen LogP contribution in [0.25, 0.3) is 11.4 Å². The van der Waals surface area contributed by atoms with E-state index >= 15 is 0 Å². The minimum absolute atomic E-state index is 0.218. The molecule has 0 saturated heterocycles. The largest absolute Gasteiger partial charge is 0.363 e. The van der Waals surface area contributed by atoms with Gasteiger partial charge in [0, 0.05) is 43.7 Å². The van der Waals surface area contributed by atoms with Gasteiger partial charge in [-0.1, -0.05) is 30.3 Å². The fourth-order valence-electron chi connectivity index (χ4n) is 2.34. The second kappa shape index (κ2) is 7.77. The lowest BCUT2D eigenvalue weighted by Crippen LogP contribution is -2.14. The van der Waals surface area contributed by atoms with Gasteiger partial charge in [-0.05, 0) is 19.9 Å². The van der Waals surface area contributed by atoms with E-state index in [1.165, 1.54) is 0 Å². The average molecular weight is 349 g/mol. The van der Waals surface area contributed by atoms with E-state index in [2.05, 4.69) is 30.6 Å². The zero-order chi connectivity index (χ0) is 18.5. The first-order valence-electron chi connectivity index (χ1n) is 8.49. The summed E-state index contributed by atoms with van der Waals surface area (Å²) < 4.78 is 0. The van der Waals surface area contributed by atoms with Gasteiger partial charge in [-0.15, -0.1) is 0 Å². The van der Waals surface area contributed by atoms with E-state index in [0.717, 1.165) is 17.1 Å². The van der Waals surface area contributed by atoms with Crippen LogP contribution in [-0.4, -0.2) is 40.1 Å². The highest BCUT2D eigenvalue weighted by Gasteiger charge is 2.10. The third-order valence-electron chi connectivity index (χ3n) is 3.55. The maximum atomic E-state index is 4.57. The van der Waals surface area contributed by atoms with Crippen molar-refractivity contribution in [1.29, 1.82) is 0 Å². The van der Waals surface area contributed by atoms with Gasteiger partial charge in [0.25, 0.3) is 0 Å². The van der Waals surface area contributed by atoms with Crippen molar-refractivity contribution in [3.8, 4) is 11.4 Å². The van der Waals surface area contributed by atoms with Crippen molar-refractivity contribution in [2.75, 3.05) is 29.6 Å². The molecule has 3 aromatic rings. The predicted molar refractivity (Wildman–Crippen MR) is 106 cm³/mol. The number of hydrogen-bond acceptors (Lipinski definition) is 7. The number of anilines is 4. The Morgan fingerprint density at radius 2 is 1.65 bits per heavy atom. The number of rotatable bonds is 6. The Bertz CT molecular complexity index is 863. The van der Waals surface area contributed by atoms with E-state index < -0.39 is 0 Å². The van der Waals surface area contributed by atoms with Crippen molar-refractivity contribution in [2.45, 2.75) is 19.9 Å². The summed E-state index contributed by atoms with van der Waals surface area (Å²) in [5.74, 6) is 2.50. The molecule has 2 aromatic heterocycles. The van der Waals surface area contributed by atoms with E-state index in [0.29, 0.717) is 17.7 Å². The minimum Gasteiger partial charge on any atom is -0.363 e. The molecule has 0 radical (unpaired) electrons. The number of nitrogens with one attached hydrogen (secondary N) is 2. The molecule has 0 spiro atoms. The minimum atomic E-state index is 0.218. The Morgan fingerprint density at radius 3 is 2.35 bits per heavy atom. The highest BCUT2D eigenvalue weighted by Crippen LogP contribution is 2.21. The summed E-state index contributed by atoms with van der Waals surface area (Å²) in [6, 6.07) is 13.9. The zero-order valence-electron chi connectivity index (χ0n) is 15.4. The molecule has 1 aromatic carbocycles. The van der Waals surface area contributed by atoms with Gasteiger partial charge in [0.2, 0.25) is 11.9 Å². The van der Waals surface area contributed by atoms with Crippen LogP contribution < -0.4 is 15.5 Å². The van der Waals surface area contributed by atoms with Crippen molar-refractivity contribution >= 4 is 23.4 Å². The lowest BCUT2D eigenvalue weighted by molar-refractivity contribution is 0.869. The van der Waals surface area contributed by atoms with Crippen LogP contribution in [0.5, 0.6) is 0 Å². The number of aromatic nitrogens is 4. The van der Waals surface area contributed by atoms with Crippen LogP contribution in [-0.2, 0) is 0 Å². The Kier molecular flexibility index (Phi) is 5.26. The van der Waals surface area contributed by atoms with Gasteiger partial charge in [0.15, 0.2) is 5.82 Å². The number of pyridine rings is 1. The molecule has 0 atom stereocenters. The summed E-state index contributed by atoms with van der Waals surface area (Å²) in [5, 5.41) is 6.50. The lowest BCUT2D eigenvalue weighted by Gasteiger charge is -2.14. The quantitative estimate of drug-likeness (QED) is 0.704. The second-order valence-corrected chi connectivity index (χ2v) is 6.39. The molecule has 7 nitrogen and oxygen atoms in total. The third-order valence-corrected chi connectivity index (χ3v) is 3.55. The van der Waals surface area contributed by atoms with Crippen molar-refractivity contribution in [2.24, 2.45) is 0 Å². The molecule has 134 valence electrons. The molecule has 0 aliphatic heterocycles. The van der Waals surface area contributed by atoms with Gasteiger partial charge in [-0.2, -0.15) is 15.0 Å². The van der Waals surface area contributed by atoms with Gasteiger partial charge in [0.1, 0.15) is 5.82 Å². The monoisotopic (exact) mass is 349 g/mol. The smallest absolute Gasteiger partial charge is 0.232 e. The predicted octanol–water partition coefficient (Wildman–Crippen LogP) is 3.56. The van der Waals surface area contributed by atoms with Crippen LogP contribution in [0.15, 0.2) is 48.7 Å². The molecule has 0 saturated carbocycles. The summed E-state index contributed by atoms with van der Waals surface area (Å²) in [5.41, 5.74) is 1.80. The molecule has 2 heterocycles. The van der Waals surface area contributed by atoms with Gasteiger partial charge in [0.05, 0.1) is 0 Å². The topological polar surface area (TPSA) is 78.9 Å². The normalized spacial score (nSPS) is 10.7. The summed E-state index contributed by atoms with van der Waals surface area (Å²) in [7, 11) is 3.90. The first-order valence-corrected chi connectivity index (χ1v) is 8.49. The summed E-state index contributed by atoms with van der Waals surface area (Å²) in [4.78, 5) is 19.9. The van der Waals surface area contributed by atoms with Crippen LogP contribution in [0.2, 0.25) is 0 Å². The Balaban J connectivity index is 1.96. The highest BCUT2D eigenvalue weighted by atomic mass is 15.2. The first-order chi connectivity index (χ1) is 12.5. The standard InChI is InChI=1S/C19H23N7/c1-13(2)21-18-23-17(14-8-6-5-7-9-14)24-19(25-18)22-15-10-11-20-16(12-15)26(3)4/h5-13H,1-4H3,(H2,20,21,22,23,24,25). The van der Waals surface area contributed by atoms with Crippen LogP contribution in [0, 0.1) is 0 Å². The van der Waals surface area contributed by atoms with Gasteiger partial charge < -0.3 is 15.5 Å². The fraction of sp³-hybridized carbons (Fsp3) is 0.263. The van der Waals surface area contributed by atoms with Crippen molar-refractivity contribution < 1.29 is 0 Å². The molecular formula is C19H23N7. The van der Waals surface area contributed by atoms with Crippen LogP contribution in [0.1, 0.15) is 13.8 Å². The highest BCUT2D eigenvalue weighted by molar-refractivity contribution is 5.62. The second-order valence-electron chi connectivity index (χ2n) is 6.39. The van der Waals surface area contributed by atoms with Crippen molar-refractivity contribution in [1.82, 2.24) is 19.9 Å². The molecule has 0 fully saturated rings. The third kappa shape index (κ3) is 4.44. The Labute approximate surface area is 153 Å². The van der Waals surface area contributed by atoms with E-state index in [1.807, 2.05) is 75.3 Å². The van der Waals surface area contributed by atoms with E-state index in [9.17, 15) is 0 Å². The van der Waals surface area contributed by atoms with Gasteiger partial charge in [-0.25, -0.2) is 4.98 Å². The molecule has 0 amide bonds. The fourth-order valence-corrected chi connectivity index (χ4v) is 2.34. The summed E-state index contributed by atoms with van der Waals surface area (Å²) in [6.07, 6.45) is 1.75. The van der Waals surface area contributed by atoms with Crippen LogP contribution in [0.4, 0.5) is 23.4 Å².